The van der Waals surface area contributed by atoms with Crippen LogP contribution in [0.1, 0.15) is 20.3 Å². The summed E-state index contributed by atoms with van der Waals surface area (Å²) in [7, 11) is 0. The molecule has 118 valence electrons. The molecule has 1 heterocycles. The normalized spacial score (nSPS) is 13.7. The van der Waals surface area contributed by atoms with Gasteiger partial charge in [-0.25, -0.2) is 9.78 Å². The highest BCUT2D eigenvalue weighted by Gasteiger charge is 2.25. The lowest BCUT2D eigenvalue weighted by Gasteiger charge is -2.19. The molecule has 22 heavy (non-hydrogen) atoms. The van der Waals surface area contributed by atoms with Gasteiger partial charge in [0.15, 0.2) is 4.34 Å². The molecule has 2 atom stereocenters. The van der Waals surface area contributed by atoms with Crippen LogP contribution < -0.4 is 5.32 Å². The van der Waals surface area contributed by atoms with Crippen LogP contribution >= 0.6 is 23.1 Å². The van der Waals surface area contributed by atoms with Gasteiger partial charge in [-0.3, -0.25) is 4.79 Å². The Bertz CT molecular complexity index is 639. The fourth-order valence-electron chi connectivity index (χ4n) is 1.94. The molecule has 2 rings (SSSR count). The predicted molar refractivity (Wildman–Crippen MR) is 89.4 cm³/mol. The van der Waals surface area contributed by atoms with E-state index in [4.69, 9.17) is 0 Å². The molecule has 2 unspecified atom stereocenters. The Morgan fingerprint density at radius 2 is 2.14 bits per heavy atom. The molecule has 0 aliphatic rings. The van der Waals surface area contributed by atoms with E-state index in [0.717, 1.165) is 14.6 Å². The second-order valence-corrected chi connectivity index (χ2v) is 7.26. The molecule has 1 amide bonds. The number of benzene rings is 1. The number of carbonyl (C=O) groups is 2. The molecule has 1 aromatic heterocycles. The largest absolute Gasteiger partial charge is 0.480 e. The van der Waals surface area contributed by atoms with Crippen molar-refractivity contribution in [3.05, 3.63) is 24.3 Å². The quantitative estimate of drug-likeness (QED) is 0.759. The number of carbonyl (C=O) groups excluding carboxylic acids is 1. The molecule has 0 aliphatic heterocycles. The first kappa shape index (κ1) is 16.8. The minimum atomic E-state index is -0.993. The lowest BCUT2D eigenvalue weighted by molar-refractivity contribution is -0.143. The first-order valence-corrected chi connectivity index (χ1v) is 8.82. The molecule has 0 radical (unpaired) electrons. The summed E-state index contributed by atoms with van der Waals surface area (Å²) < 4.78 is 1.89. The van der Waals surface area contributed by atoms with E-state index in [0.29, 0.717) is 6.42 Å². The van der Waals surface area contributed by atoms with Gasteiger partial charge in [-0.15, -0.1) is 11.3 Å². The van der Waals surface area contributed by atoms with E-state index in [1.165, 1.54) is 23.1 Å². The van der Waals surface area contributed by atoms with Crippen molar-refractivity contribution in [2.75, 3.05) is 5.75 Å². The Hall–Kier alpha value is -1.60. The minimum Gasteiger partial charge on any atom is -0.480 e. The van der Waals surface area contributed by atoms with Crippen molar-refractivity contribution >= 4 is 45.2 Å². The molecule has 7 heteroatoms. The number of carboxylic acids is 1. The van der Waals surface area contributed by atoms with Crippen molar-refractivity contribution < 1.29 is 14.7 Å². The molecular weight excluding hydrogens is 320 g/mol. The highest BCUT2D eigenvalue weighted by molar-refractivity contribution is 8.01. The average molecular weight is 338 g/mol. The van der Waals surface area contributed by atoms with Crippen LogP contribution in [0.5, 0.6) is 0 Å². The minimum absolute atomic E-state index is 0.103. The Balaban J connectivity index is 1.93. The molecule has 0 fully saturated rings. The second kappa shape index (κ2) is 7.60. The first-order chi connectivity index (χ1) is 10.5. The van der Waals surface area contributed by atoms with E-state index >= 15 is 0 Å². The topological polar surface area (TPSA) is 79.3 Å². The Kier molecular flexibility index (Phi) is 5.79. The molecular formula is C15H18N2O3S2. The summed E-state index contributed by atoms with van der Waals surface area (Å²) in [5.74, 6) is -1.21. The summed E-state index contributed by atoms with van der Waals surface area (Å²) in [5.41, 5.74) is 0.915. The third kappa shape index (κ3) is 4.20. The zero-order valence-electron chi connectivity index (χ0n) is 12.4. The van der Waals surface area contributed by atoms with Crippen LogP contribution in [0.25, 0.3) is 10.2 Å². The van der Waals surface area contributed by atoms with Gasteiger partial charge in [0.05, 0.1) is 16.0 Å². The van der Waals surface area contributed by atoms with Gasteiger partial charge in [-0.05, 0) is 18.1 Å². The Morgan fingerprint density at radius 3 is 2.77 bits per heavy atom. The molecule has 2 aromatic rings. The number of nitrogens with one attached hydrogen (secondary N) is 1. The fourth-order valence-corrected chi connectivity index (χ4v) is 3.82. The SMILES string of the molecule is CCC(C)C(NC(=O)CSc1nc2ccccc2s1)C(=O)O. The number of rotatable bonds is 7. The lowest BCUT2D eigenvalue weighted by Crippen LogP contribution is -2.45. The van der Waals surface area contributed by atoms with E-state index in [-0.39, 0.29) is 17.6 Å². The zero-order valence-corrected chi connectivity index (χ0v) is 14.0. The summed E-state index contributed by atoms with van der Waals surface area (Å²) >= 11 is 2.86. The van der Waals surface area contributed by atoms with Gasteiger partial charge in [0.1, 0.15) is 6.04 Å². The number of aliphatic carboxylic acids is 1. The zero-order chi connectivity index (χ0) is 16.1. The summed E-state index contributed by atoms with van der Waals surface area (Å²) in [6.45, 7) is 3.72. The Labute approximate surface area is 137 Å². The van der Waals surface area contributed by atoms with Crippen molar-refractivity contribution in [1.82, 2.24) is 10.3 Å². The van der Waals surface area contributed by atoms with Crippen LogP contribution in [0.4, 0.5) is 0 Å². The third-order valence-electron chi connectivity index (χ3n) is 3.40. The summed E-state index contributed by atoms with van der Waals surface area (Å²) in [4.78, 5) is 27.6. The number of nitrogens with zero attached hydrogens (tertiary/aromatic N) is 1. The number of hydrogen-bond donors (Lipinski definition) is 2. The van der Waals surface area contributed by atoms with Crippen LogP contribution in [0.15, 0.2) is 28.6 Å². The summed E-state index contributed by atoms with van der Waals surface area (Å²) in [6.07, 6.45) is 0.697. The van der Waals surface area contributed by atoms with E-state index < -0.39 is 12.0 Å². The van der Waals surface area contributed by atoms with Crippen molar-refractivity contribution in [2.24, 2.45) is 5.92 Å². The average Bonchev–Trinajstić information content (AvgIpc) is 2.92. The second-order valence-electron chi connectivity index (χ2n) is 5.01. The Morgan fingerprint density at radius 1 is 1.41 bits per heavy atom. The van der Waals surface area contributed by atoms with Gasteiger partial charge in [-0.1, -0.05) is 44.2 Å². The predicted octanol–water partition coefficient (Wildman–Crippen LogP) is 3.00. The van der Waals surface area contributed by atoms with Crippen molar-refractivity contribution in [1.29, 1.82) is 0 Å². The molecule has 0 saturated heterocycles. The van der Waals surface area contributed by atoms with Crippen LogP contribution in [0, 0.1) is 5.92 Å². The maximum absolute atomic E-state index is 11.9. The van der Waals surface area contributed by atoms with Crippen molar-refractivity contribution in [2.45, 2.75) is 30.6 Å². The van der Waals surface area contributed by atoms with Crippen LogP contribution in [-0.2, 0) is 9.59 Å². The van der Waals surface area contributed by atoms with Crippen LogP contribution in [0.3, 0.4) is 0 Å². The summed E-state index contributed by atoms with van der Waals surface area (Å²) in [6, 6.07) is 6.95. The molecule has 0 aliphatic carbocycles. The number of carboxylic acid groups (broad SMARTS) is 1. The number of aromatic nitrogens is 1. The van der Waals surface area contributed by atoms with Gasteiger partial charge in [0.2, 0.25) is 5.91 Å². The van der Waals surface area contributed by atoms with Gasteiger partial charge in [0.25, 0.3) is 0 Å². The molecule has 1 aromatic carbocycles. The van der Waals surface area contributed by atoms with Crippen molar-refractivity contribution in [3.8, 4) is 0 Å². The van der Waals surface area contributed by atoms with Gasteiger partial charge in [-0.2, -0.15) is 0 Å². The van der Waals surface area contributed by atoms with Gasteiger partial charge in [0, 0.05) is 0 Å². The number of amides is 1. The highest BCUT2D eigenvalue weighted by atomic mass is 32.2. The molecule has 5 nitrogen and oxygen atoms in total. The third-order valence-corrected chi connectivity index (χ3v) is 5.58. The first-order valence-electron chi connectivity index (χ1n) is 7.01. The van der Waals surface area contributed by atoms with Crippen LogP contribution in [-0.4, -0.2) is 33.8 Å². The maximum Gasteiger partial charge on any atom is 0.326 e. The smallest absolute Gasteiger partial charge is 0.326 e. The number of para-hydroxylation sites is 1. The molecule has 0 spiro atoms. The van der Waals surface area contributed by atoms with Crippen molar-refractivity contribution in [3.63, 3.8) is 0 Å². The number of hydrogen-bond acceptors (Lipinski definition) is 5. The standard InChI is InChI=1S/C15H18N2O3S2/c1-3-9(2)13(14(19)20)17-12(18)8-21-15-16-10-6-4-5-7-11(10)22-15/h4-7,9,13H,3,8H2,1-2H3,(H,17,18)(H,19,20). The van der Waals surface area contributed by atoms with E-state index in [1.54, 1.807) is 0 Å². The van der Waals surface area contributed by atoms with Gasteiger partial charge < -0.3 is 10.4 Å². The van der Waals surface area contributed by atoms with E-state index in [9.17, 15) is 14.7 Å². The number of thioether (sulfide) groups is 1. The lowest BCUT2D eigenvalue weighted by atomic mass is 9.99. The van der Waals surface area contributed by atoms with E-state index in [1.807, 2.05) is 38.1 Å². The number of fused-ring (bicyclic) bond motifs is 1. The monoisotopic (exact) mass is 338 g/mol. The van der Waals surface area contributed by atoms with Gasteiger partial charge >= 0.3 is 5.97 Å². The number of thiazole rings is 1. The molecule has 0 bridgehead atoms. The molecule has 0 saturated carbocycles. The fraction of sp³-hybridized carbons (Fsp3) is 0.400. The summed E-state index contributed by atoms with van der Waals surface area (Å²) in [5, 5.41) is 11.8. The van der Waals surface area contributed by atoms with Crippen LogP contribution in [0.2, 0.25) is 0 Å². The maximum atomic E-state index is 11.9. The highest BCUT2D eigenvalue weighted by Crippen LogP contribution is 2.29. The molecule has 2 N–H and O–H groups in total. The van der Waals surface area contributed by atoms with E-state index in [2.05, 4.69) is 10.3 Å².